The van der Waals surface area contributed by atoms with Gasteiger partial charge in [0, 0.05) is 23.2 Å². The van der Waals surface area contributed by atoms with Crippen LogP contribution in [0.5, 0.6) is 0 Å². The van der Waals surface area contributed by atoms with Gasteiger partial charge in [-0.15, -0.1) is 0 Å². The molecular weight excluding hydrogens is 294 g/mol. The highest BCUT2D eigenvalue weighted by Gasteiger charge is 2.08. The molecule has 0 fully saturated rings. The summed E-state index contributed by atoms with van der Waals surface area (Å²) < 4.78 is 1.90. The predicted molar refractivity (Wildman–Crippen MR) is 81.8 cm³/mol. The highest BCUT2D eigenvalue weighted by Crippen LogP contribution is 2.26. The van der Waals surface area contributed by atoms with Crippen LogP contribution in [-0.2, 0) is 5.75 Å². The van der Waals surface area contributed by atoms with E-state index in [0.717, 1.165) is 21.4 Å². The molecule has 0 atom stereocenters. The molecule has 0 unspecified atom stereocenters. The number of halogens is 1. The summed E-state index contributed by atoms with van der Waals surface area (Å²) in [6.45, 7) is 0. The molecule has 3 rings (SSSR count). The van der Waals surface area contributed by atoms with Crippen molar-refractivity contribution in [2.45, 2.75) is 10.8 Å². The minimum absolute atomic E-state index is 0.606. The Kier molecular flexibility index (Phi) is 3.77. The van der Waals surface area contributed by atoms with Crippen molar-refractivity contribution in [1.29, 1.82) is 0 Å². The van der Waals surface area contributed by atoms with Crippen LogP contribution in [0.2, 0.25) is 5.02 Å². The maximum atomic E-state index is 5.88. The molecule has 7 heteroatoms. The number of rotatable bonds is 4. The fourth-order valence-electron chi connectivity index (χ4n) is 1.80. The van der Waals surface area contributed by atoms with Gasteiger partial charge in [-0.3, -0.25) is 0 Å². The van der Waals surface area contributed by atoms with Gasteiger partial charge in [0.15, 0.2) is 11.5 Å². The molecule has 1 aromatic carbocycles. The molecule has 102 valence electrons. The lowest BCUT2D eigenvalue weighted by Gasteiger charge is -2.06. The number of hydrazine groups is 1. The Labute approximate surface area is 125 Å². The number of hydrogen-bond donors (Lipinski definition) is 2. The largest absolute Gasteiger partial charge is 0.307 e. The summed E-state index contributed by atoms with van der Waals surface area (Å²) in [7, 11) is 0. The van der Waals surface area contributed by atoms with Gasteiger partial charge in [0.1, 0.15) is 5.03 Å². The highest BCUT2D eigenvalue weighted by atomic mass is 35.5. The minimum atomic E-state index is 0.606. The molecule has 0 radical (unpaired) electrons. The first-order chi connectivity index (χ1) is 9.76. The Hall–Kier alpha value is -1.76. The Morgan fingerprint density at radius 2 is 2.10 bits per heavy atom. The van der Waals surface area contributed by atoms with E-state index in [-0.39, 0.29) is 0 Å². The molecular formula is C13H12ClN5S. The lowest BCUT2D eigenvalue weighted by atomic mass is 10.2. The summed E-state index contributed by atoms with van der Waals surface area (Å²) in [5, 5.41) is 1.57. The van der Waals surface area contributed by atoms with Gasteiger partial charge in [-0.2, -0.15) is 0 Å². The van der Waals surface area contributed by atoms with Gasteiger partial charge >= 0.3 is 0 Å². The van der Waals surface area contributed by atoms with Crippen molar-refractivity contribution < 1.29 is 0 Å². The van der Waals surface area contributed by atoms with Crippen LogP contribution >= 0.6 is 23.4 Å². The van der Waals surface area contributed by atoms with E-state index >= 15 is 0 Å². The van der Waals surface area contributed by atoms with Gasteiger partial charge in [-0.1, -0.05) is 35.5 Å². The summed E-state index contributed by atoms with van der Waals surface area (Å²) in [5.74, 6) is 6.83. The first kappa shape index (κ1) is 13.2. The fourth-order valence-corrected chi connectivity index (χ4v) is 2.87. The average Bonchev–Trinajstić information content (AvgIpc) is 2.94. The molecule has 0 aliphatic heterocycles. The third kappa shape index (κ3) is 2.72. The third-order valence-corrected chi connectivity index (χ3v) is 4.06. The summed E-state index contributed by atoms with van der Waals surface area (Å²) in [5.41, 5.74) is 4.56. The van der Waals surface area contributed by atoms with Crippen molar-refractivity contribution in [3.8, 4) is 0 Å². The van der Waals surface area contributed by atoms with E-state index in [2.05, 4.69) is 15.4 Å². The molecule has 20 heavy (non-hydrogen) atoms. The van der Waals surface area contributed by atoms with Crippen molar-refractivity contribution >= 4 is 34.8 Å². The highest BCUT2D eigenvalue weighted by molar-refractivity contribution is 7.98. The van der Waals surface area contributed by atoms with E-state index in [1.165, 1.54) is 5.56 Å². The molecule has 0 saturated heterocycles. The number of fused-ring (bicyclic) bond motifs is 1. The SMILES string of the molecule is NNc1cn2ccnc2c(SCc2ccc(Cl)cc2)n1. The van der Waals surface area contributed by atoms with E-state index in [1.54, 1.807) is 24.2 Å². The number of nitrogen functional groups attached to an aromatic ring is 1. The van der Waals surface area contributed by atoms with Crippen LogP contribution in [0.4, 0.5) is 5.82 Å². The van der Waals surface area contributed by atoms with Gasteiger partial charge in [0.25, 0.3) is 0 Å². The van der Waals surface area contributed by atoms with Crippen LogP contribution in [0.15, 0.2) is 47.9 Å². The standard InChI is InChI=1S/C13H12ClN5S/c14-10-3-1-9(2-4-10)8-20-13-12-16-5-6-19(12)7-11(17-13)18-15/h1-7,18H,8,15H2. The number of hydrogen-bond acceptors (Lipinski definition) is 5. The number of nitrogens with one attached hydrogen (secondary N) is 1. The van der Waals surface area contributed by atoms with E-state index in [1.807, 2.05) is 34.9 Å². The fraction of sp³-hybridized carbons (Fsp3) is 0.0769. The van der Waals surface area contributed by atoms with Gasteiger partial charge in [-0.25, -0.2) is 15.8 Å². The lowest BCUT2D eigenvalue weighted by molar-refractivity contribution is 1.02. The first-order valence-electron chi connectivity index (χ1n) is 5.94. The Morgan fingerprint density at radius 1 is 1.30 bits per heavy atom. The van der Waals surface area contributed by atoms with Crippen molar-refractivity contribution in [3.63, 3.8) is 0 Å². The predicted octanol–water partition coefficient (Wildman–Crippen LogP) is 2.96. The van der Waals surface area contributed by atoms with Gasteiger partial charge in [-0.05, 0) is 17.7 Å². The Balaban J connectivity index is 1.86. The number of aromatic nitrogens is 3. The van der Waals surface area contributed by atoms with E-state index in [0.29, 0.717) is 5.82 Å². The smallest absolute Gasteiger partial charge is 0.169 e. The number of anilines is 1. The number of benzene rings is 1. The van der Waals surface area contributed by atoms with Gasteiger partial charge in [0.05, 0.1) is 6.20 Å². The van der Waals surface area contributed by atoms with Crippen LogP contribution in [0.1, 0.15) is 5.56 Å². The molecule has 2 heterocycles. The number of thioether (sulfide) groups is 1. The van der Waals surface area contributed by atoms with Crippen LogP contribution in [-0.4, -0.2) is 14.4 Å². The van der Waals surface area contributed by atoms with Crippen molar-refractivity contribution in [2.24, 2.45) is 5.84 Å². The summed E-state index contributed by atoms with van der Waals surface area (Å²) in [6, 6.07) is 7.77. The monoisotopic (exact) mass is 305 g/mol. The van der Waals surface area contributed by atoms with Crippen LogP contribution in [0.3, 0.4) is 0 Å². The molecule has 0 bridgehead atoms. The van der Waals surface area contributed by atoms with Gasteiger partial charge in [0.2, 0.25) is 0 Å². The maximum absolute atomic E-state index is 5.88. The number of nitrogens with two attached hydrogens (primary N) is 1. The van der Waals surface area contributed by atoms with Crippen molar-refractivity contribution in [1.82, 2.24) is 14.4 Å². The minimum Gasteiger partial charge on any atom is -0.307 e. The Bertz CT molecular complexity index is 725. The van der Waals surface area contributed by atoms with Crippen molar-refractivity contribution in [3.05, 3.63) is 53.4 Å². The maximum Gasteiger partial charge on any atom is 0.169 e. The van der Waals surface area contributed by atoms with E-state index in [9.17, 15) is 0 Å². The first-order valence-corrected chi connectivity index (χ1v) is 7.30. The second-order valence-electron chi connectivity index (χ2n) is 4.15. The molecule has 0 amide bonds. The van der Waals surface area contributed by atoms with Crippen LogP contribution in [0.25, 0.3) is 5.65 Å². The molecule has 3 N–H and O–H groups in total. The number of imidazole rings is 1. The van der Waals surface area contributed by atoms with Gasteiger partial charge < -0.3 is 9.83 Å². The van der Waals surface area contributed by atoms with Crippen molar-refractivity contribution in [2.75, 3.05) is 5.43 Å². The zero-order chi connectivity index (χ0) is 13.9. The molecule has 0 spiro atoms. The molecule has 2 aromatic heterocycles. The molecule has 5 nitrogen and oxygen atoms in total. The average molecular weight is 306 g/mol. The van der Waals surface area contributed by atoms with Crippen LogP contribution in [0, 0.1) is 0 Å². The summed E-state index contributed by atoms with van der Waals surface area (Å²) in [6.07, 6.45) is 5.41. The zero-order valence-electron chi connectivity index (χ0n) is 10.5. The Morgan fingerprint density at radius 3 is 2.85 bits per heavy atom. The molecule has 0 aliphatic carbocycles. The van der Waals surface area contributed by atoms with E-state index in [4.69, 9.17) is 17.4 Å². The quantitative estimate of drug-likeness (QED) is 0.440. The topological polar surface area (TPSA) is 68.2 Å². The lowest BCUT2D eigenvalue weighted by Crippen LogP contribution is -2.10. The van der Waals surface area contributed by atoms with E-state index < -0.39 is 0 Å². The zero-order valence-corrected chi connectivity index (χ0v) is 12.0. The normalized spacial score (nSPS) is 10.9. The second kappa shape index (κ2) is 5.70. The third-order valence-electron chi connectivity index (χ3n) is 2.78. The van der Waals surface area contributed by atoms with Crippen LogP contribution < -0.4 is 11.3 Å². The second-order valence-corrected chi connectivity index (χ2v) is 5.55. The summed E-state index contributed by atoms with van der Waals surface area (Å²) in [4.78, 5) is 8.75. The number of nitrogens with zero attached hydrogens (tertiary/aromatic N) is 3. The molecule has 0 aliphatic rings. The summed E-state index contributed by atoms with van der Waals surface area (Å²) >= 11 is 7.49. The molecule has 3 aromatic rings. The molecule has 0 saturated carbocycles.